The monoisotopic (exact) mass is 488 g/mol. The van der Waals surface area contributed by atoms with Crippen molar-refractivity contribution in [2.45, 2.75) is 71.1 Å². The summed E-state index contributed by atoms with van der Waals surface area (Å²) in [6.07, 6.45) is 5.19. The summed E-state index contributed by atoms with van der Waals surface area (Å²) >= 11 is 0. The molecule has 1 aromatic rings. The minimum atomic E-state index is -4.44. The van der Waals surface area contributed by atoms with Crippen LogP contribution in [-0.2, 0) is 22.3 Å². The van der Waals surface area contributed by atoms with Gasteiger partial charge in [-0.3, -0.25) is 9.59 Å². The fourth-order valence-electron chi connectivity index (χ4n) is 8.43. The van der Waals surface area contributed by atoms with Gasteiger partial charge in [0.15, 0.2) is 0 Å². The highest BCUT2D eigenvalue weighted by Crippen LogP contribution is 2.65. The molecule has 3 saturated carbocycles. The third-order valence-electron chi connectivity index (χ3n) is 10.2. The van der Waals surface area contributed by atoms with Crippen molar-refractivity contribution in [1.82, 2.24) is 10.2 Å². The van der Waals surface area contributed by atoms with Crippen molar-refractivity contribution < 1.29 is 22.8 Å². The number of benzene rings is 1. The second-order valence-electron chi connectivity index (χ2n) is 11.7. The van der Waals surface area contributed by atoms with Crippen LogP contribution in [0.2, 0.25) is 0 Å². The lowest BCUT2D eigenvalue weighted by atomic mass is 9.47. The van der Waals surface area contributed by atoms with Gasteiger partial charge >= 0.3 is 6.18 Å². The molecule has 0 aromatic heterocycles. The molecule has 4 aliphatic rings. The second kappa shape index (κ2) is 8.38. The molecule has 5 rings (SSSR count). The number of likely N-dealkylation sites (N-methyl/N-ethyl adjacent to an activating group) is 1. The van der Waals surface area contributed by atoms with E-state index in [1.165, 1.54) is 12.1 Å². The third kappa shape index (κ3) is 3.80. The van der Waals surface area contributed by atoms with Gasteiger partial charge in [0.2, 0.25) is 11.8 Å². The fraction of sp³-hybridized carbons (Fsp3) is 0.643. The summed E-state index contributed by atoms with van der Waals surface area (Å²) in [5, 5.41) is 2.85. The topological polar surface area (TPSA) is 49.4 Å². The zero-order valence-electron chi connectivity index (χ0n) is 20.7. The van der Waals surface area contributed by atoms with Gasteiger partial charge in [0, 0.05) is 31.0 Å². The molecule has 0 spiro atoms. The highest BCUT2D eigenvalue weighted by atomic mass is 19.4. The molecule has 1 aromatic carbocycles. The van der Waals surface area contributed by atoms with Crippen molar-refractivity contribution in [3.05, 3.63) is 47.5 Å². The molecule has 190 valence electrons. The number of halogens is 3. The molecule has 1 N–H and O–H groups in total. The molecule has 0 saturated heterocycles. The van der Waals surface area contributed by atoms with Gasteiger partial charge in [0.1, 0.15) is 0 Å². The van der Waals surface area contributed by atoms with E-state index in [0.717, 1.165) is 44.6 Å². The molecule has 0 bridgehead atoms. The maximum atomic E-state index is 13.4. The van der Waals surface area contributed by atoms with Crippen LogP contribution >= 0.6 is 0 Å². The van der Waals surface area contributed by atoms with Crippen LogP contribution in [0, 0.1) is 34.5 Å². The van der Waals surface area contributed by atoms with Crippen LogP contribution in [0.4, 0.5) is 13.2 Å². The van der Waals surface area contributed by atoms with Gasteiger partial charge in [-0.2, -0.15) is 13.2 Å². The van der Waals surface area contributed by atoms with E-state index >= 15 is 0 Å². The minimum Gasteiger partial charge on any atom is -0.352 e. The molecule has 2 unspecified atom stereocenters. The lowest BCUT2D eigenvalue weighted by Gasteiger charge is -2.60. The first-order chi connectivity index (χ1) is 16.5. The zero-order chi connectivity index (χ0) is 25.2. The lowest BCUT2D eigenvalue weighted by molar-refractivity contribution is -0.142. The van der Waals surface area contributed by atoms with Crippen molar-refractivity contribution >= 4 is 11.8 Å². The Labute approximate surface area is 205 Å². The SMILES string of the molecule is CN1C(=O)C=C[C@@]2(C)C1CC[C@@H]1[C@H]2CC[C@]2(C)C(C(=O)NCc3ccccc3C(F)(F)F)CC[C@@H]12. The van der Waals surface area contributed by atoms with Crippen LogP contribution < -0.4 is 5.32 Å². The Morgan fingerprint density at radius 2 is 1.83 bits per heavy atom. The maximum absolute atomic E-state index is 13.4. The predicted octanol–water partition coefficient (Wildman–Crippen LogP) is 5.58. The Bertz CT molecular complexity index is 1050. The molecular formula is C28H35F3N2O2. The molecular weight excluding hydrogens is 453 g/mol. The van der Waals surface area contributed by atoms with Crippen molar-refractivity contribution in [3.8, 4) is 0 Å². The number of hydrogen-bond acceptors (Lipinski definition) is 2. The number of fused-ring (bicyclic) bond motifs is 5. The number of carbonyl (C=O) groups is 2. The zero-order valence-corrected chi connectivity index (χ0v) is 20.7. The molecule has 1 heterocycles. The minimum absolute atomic E-state index is 0.0471. The van der Waals surface area contributed by atoms with Crippen molar-refractivity contribution in [2.24, 2.45) is 34.5 Å². The van der Waals surface area contributed by atoms with Crippen molar-refractivity contribution in [3.63, 3.8) is 0 Å². The fourth-order valence-corrected chi connectivity index (χ4v) is 8.43. The van der Waals surface area contributed by atoms with Gasteiger partial charge < -0.3 is 10.2 Å². The number of nitrogens with zero attached hydrogens (tertiary/aromatic N) is 1. The molecule has 7 heteroatoms. The first-order valence-electron chi connectivity index (χ1n) is 12.9. The maximum Gasteiger partial charge on any atom is 0.416 e. The number of amides is 2. The Morgan fingerprint density at radius 3 is 2.57 bits per heavy atom. The molecule has 35 heavy (non-hydrogen) atoms. The largest absolute Gasteiger partial charge is 0.416 e. The summed E-state index contributed by atoms with van der Waals surface area (Å²) in [5.74, 6) is 1.19. The van der Waals surface area contributed by atoms with Gasteiger partial charge in [0.05, 0.1) is 5.56 Å². The second-order valence-corrected chi connectivity index (χ2v) is 11.7. The summed E-state index contributed by atoms with van der Waals surface area (Å²) in [6, 6.07) is 5.68. The Kier molecular flexibility index (Phi) is 5.84. The van der Waals surface area contributed by atoms with Crippen LogP contribution in [0.15, 0.2) is 36.4 Å². The number of hydrogen-bond donors (Lipinski definition) is 1. The van der Waals surface area contributed by atoms with Crippen LogP contribution in [-0.4, -0.2) is 29.8 Å². The van der Waals surface area contributed by atoms with Gasteiger partial charge in [-0.1, -0.05) is 38.1 Å². The normalized spacial score (nSPS) is 38.5. The average molecular weight is 489 g/mol. The summed E-state index contributed by atoms with van der Waals surface area (Å²) in [4.78, 5) is 27.5. The van der Waals surface area contributed by atoms with E-state index in [2.05, 4.69) is 25.2 Å². The van der Waals surface area contributed by atoms with E-state index in [1.807, 2.05) is 11.9 Å². The van der Waals surface area contributed by atoms with Gasteiger partial charge in [0.25, 0.3) is 0 Å². The van der Waals surface area contributed by atoms with Crippen LogP contribution in [0.25, 0.3) is 0 Å². The van der Waals surface area contributed by atoms with E-state index in [-0.39, 0.29) is 46.7 Å². The Hall–Kier alpha value is -2.31. The van der Waals surface area contributed by atoms with Crippen molar-refractivity contribution in [1.29, 1.82) is 0 Å². The highest BCUT2D eigenvalue weighted by Gasteiger charge is 2.61. The number of alkyl halides is 3. The van der Waals surface area contributed by atoms with Gasteiger partial charge in [-0.25, -0.2) is 0 Å². The van der Waals surface area contributed by atoms with E-state index in [9.17, 15) is 22.8 Å². The number of carbonyl (C=O) groups excluding carboxylic acids is 2. The summed E-state index contributed by atoms with van der Waals surface area (Å²) in [6.45, 7) is 4.42. The Morgan fingerprint density at radius 1 is 1.09 bits per heavy atom. The molecule has 0 radical (unpaired) electrons. The lowest BCUT2D eigenvalue weighted by Crippen LogP contribution is -2.59. The van der Waals surface area contributed by atoms with Gasteiger partial charge in [-0.05, 0) is 79.4 Å². The molecule has 3 aliphatic carbocycles. The smallest absolute Gasteiger partial charge is 0.352 e. The average Bonchev–Trinajstić information content (AvgIpc) is 3.17. The standard InChI is InChI=1S/C28H35F3N2O2/c1-26-14-12-21-18(8-11-23-27(21,2)15-13-24(34)33(23)3)20(26)9-10-22(26)25(35)32-16-17-6-4-5-7-19(17)28(29,30)31/h4-7,13,15,18,20-23H,8-12,14,16H2,1-3H3,(H,32,35)/t18-,20-,21+,22?,23?,26-,27+/m0/s1. The Balaban J connectivity index is 1.32. The highest BCUT2D eigenvalue weighted by molar-refractivity contribution is 5.89. The van der Waals surface area contributed by atoms with Crippen LogP contribution in [0.5, 0.6) is 0 Å². The van der Waals surface area contributed by atoms with Crippen LogP contribution in [0.1, 0.15) is 63.5 Å². The van der Waals surface area contributed by atoms with Gasteiger partial charge in [-0.15, -0.1) is 0 Å². The molecule has 4 nitrogen and oxygen atoms in total. The third-order valence-corrected chi connectivity index (χ3v) is 10.2. The van der Waals surface area contributed by atoms with E-state index in [0.29, 0.717) is 17.8 Å². The summed E-state index contributed by atoms with van der Waals surface area (Å²) in [5.41, 5.74) is -0.775. The number of nitrogens with one attached hydrogen (secondary N) is 1. The quantitative estimate of drug-likeness (QED) is 0.604. The predicted molar refractivity (Wildman–Crippen MR) is 127 cm³/mol. The molecule has 7 atom stereocenters. The molecule has 2 amide bonds. The van der Waals surface area contributed by atoms with E-state index in [1.54, 1.807) is 12.1 Å². The first-order valence-corrected chi connectivity index (χ1v) is 12.9. The first kappa shape index (κ1) is 24.4. The van der Waals surface area contributed by atoms with Crippen molar-refractivity contribution in [2.75, 3.05) is 7.05 Å². The van der Waals surface area contributed by atoms with Crippen LogP contribution in [0.3, 0.4) is 0 Å². The summed E-state index contributed by atoms with van der Waals surface area (Å²) < 4.78 is 40.1. The van der Waals surface area contributed by atoms with E-state index < -0.39 is 11.7 Å². The number of rotatable bonds is 3. The molecule has 1 aliphatic heterocycles. The van der Waals surface area contributed by atoms with E-state index in [4.69, 9.17) is 0 Å². The molecule has 3 fully saturated rings. The summed E-state index contributed by atoms with van der Waals surface area (Å²) in [7, 11) is 1.91.